The zero-order chi connectivity index (χ0) is 28.5. The van der Waals surface area contributed by atoms with Gasteiger partial charge in [-0.2, -0.15) is 0 Å². The average molecular weight is 567 g/mol. The molecule has 0 radical (unpaired) electrons. The summed E-state index contributed by atoms with van der Waals surface area (Å²) in [6.07, 6.45) is 0. The number of hydrogen-bond donors (Lipinski definition) is 2. The molecule has 0 unspecified atom stereocenters. The van der Waals surface area contributed by atoms with Crippen LogP contribution in [-0.2, 0) is 23.7 Å². The van der Waals surface area contributed by atoms with E-state index in [2.05, 4.69) is 9.97 Å². The summed E-state index contributed by atoms with van der Waals surface area (Å²) in [4.78, 5) is 8.61. The van der Waals surface area contributed by atoms with Crippen LogP contribution in [0.2, 0.25) is 0 Å². The second-order valence-electron chi connectivity index (χ2n) is 8.88. The van der Waals surface area contributed by atoms with Crippen molar-refractivity contribution in [3.8, 4) is 11.5 Å². The fourth-order valence-electron chi connectivity index (χ4n) is 3.97. The Labute approximate surface area is 239 Å². The maximum atomic E-state index is 5.86. The first-order valence-corrected chi connectivity index (χ1v) is 13.7. The van der Waals surface area contributed by atoms with Crippen molar-refractivity contribution in [3.63, 3.8) is 0 Å². The molecule has 4 N–H and O–H groups in total. The van der Waals surface area contributed by atoms with Crippen molar-refractivity contribution >= 4 is 33.4 Å². The van der Waals surface area contributed by atoms with Gasteiger partial charge in [-0.1, -0.05) is 24.3 Å². The van der Waals surface area contributed by atoms with Crippen LogP contribution in [0, 0.1) is 0 Å². The number of pyridine rings is 2. The molecule has 0 atom stereocenters. The van der Waals surface area contributed by atoms with Gasteiger partial charge in [-0.05, 0) is 24.3 Å². The van der Waals surface area contributed by atoms with Gasteiger partial charge in [0, 0.05) is 22.9 Å². The lowest BCUT2D eigenvalue weighted by atomic mass is 10.2. The summed E-state index contributed by atoms with van der Waals surface area (Å²) in [5, 5.41) is 1.85. The standard InChI is InChI=1S/C30H38N4O7/c31-29-21-27(23-5-1-3-7-25(23)33-29)40-19-17-38-15-13-36-11-9-35-10-12-37-14-16-39-18-20-41-28-22-30(32)34-26-8-4-2-6-24(26)28/h1-8,21-22H,9-20H2,(H2,31,33)(H2,32,34). The Bertz CT molecular complexity index is 1240. The maximum absolute atomic E-state index is 5.86. The third-order valence-corrected chi connectivity index (χ3v) is 5.85. The molecule has 11 nitrogen and oxygen atoms in total. The first-order chi connectivity index (χ1) is 20.2. The highest BCUT2D eigenvalue weighted by atomic mass is 16.6. The molecule has 220 valence electrons. The van der Waals surface area contributed by atoms with E-state index in [0.717, 1.165) is 21.8 Å². The van der Waals surface area contributed by atoms with Gasteiger partial charge in [0.05, 0.1) is 77.1 Å². The third kappa shape index (κ3) is 10.3. The Hall–Kier alpha value is -3.74. The monoisotopic (exact) mass is 566 g/mol. The van der Waals surface area contributed by atoms with E-state index in [1.165, 1.54) is 0 Å². The summed E-state index contributed by atoms with van der Waals surface area (Å²) < 4.78 is 39.3. The van der Waals surface area contributed by atoms with E-state index in [-0.39, 0.29) is 0 Å². The molecule has 2 aromatic carbocycles. The molecule has 41 heavy (non-hydrogen) atoms. The molecule has 4 aromatic rings. The SMILES string of the molecule is Nc1cc(OCCOCCOCCOCCOCCOCCOc2cc(N)nc3ccccc23)c2ccccc2n1. The van der Waals surface area contributed by atoms with Crippen molar-refractivity contribution in [2.75, 3.05) is 90.7 Å². The molecular formula is C30H38N4O7. The van der Waals surface area contributed by atoms with Gasteiger partial charge in [0.2, 0.25) is 0 Å². The van der Waals surface area contributed by atoms with Crippen molar-refractivity contribution in [1.82, 2.24) is 9.97 Å². The fourth-order valence-corrected chi connectivity index (χ4v) is 3.97. The van der Waals surface area contributed by atoms with Gasteiger partial charge in [0.1, 0.15) is 36.3 Å². The Balaban J connectivity index is 0.906. The normalized spacial score (nSPS) is 11.3. The lowest BCUT2D eigenvalue weighted by molar-refractivity contribution is -0.0141. The van der Waals surface area contributed by atoms with Crippen LogP contribution in [0.15, 0.2) is 60.7 Å². The summed E-state index contributed by atoms with van der Waals surface area (Å²) in [7, 11) is 0. The maximum Gasteiger partial charge on any atom is 0.132 e. The summed E-state index contributed by atoms with van der Waals surface area (Å²) in [6, 6.07) is 18.9. The highest BCUT2D eigenvalue weighted by Gasteiger charge is 2.06. The number of rotatable bonds is 20. The zero-order valence-corrected chi connectivity index (χ0v) is 23.2. The van der Waals surface area contributed by atoms with Crippen molar-refractivity contribution < 1.29 is 33.2 Å². The highest BCUT2D eigenvalue weighted by Crippen LogP contribution is 2.27. The van der Waals surface area contributed by atoms with Gasteiger partial charge in [-0.15, -0.1) is 0 Å². The second kappa shape index (κ2) is 17.2. The third-order valence-electron chi connectivity index (χ3n) is 5.85. The first-order valence-electron chi connectivity index (χ1n) is 13.7. The molecule has 2 heterocycles. The first kappa shape index (κ1) is 30.2. The number of ether oxygens (including phenoxy) is 7. The van der Waals surface area contributed by atoms with Crippen LogP contribution in [0.25, 0.3) is 21.8 Å². The smallest absolute Gasteiger partial charge is 0.132 e. The number of anilines is 2. The van der Waals surface area contributed by atoms with E-state index in [0.29, 0.717) is 102 Å². The largest absolute Gasteiger partial charge is 0.490 e. The molecule has 4 rings (SSSR count). The van der Waals surface area contributed by atoms with E-state index in [1.54, 1.807) is 12.1 Å². The molecule has 0 saturated heterocycles. The van der Waals surface area contributed by atoms with Crippen molar-refractivity contribution in [2.24, 2.45) is 0 Å². The number of hydrogen-bond acceptors (Lipinski definition) is 11. The van der Waals surface area contributed by atoms with Gasteiger partial charge in [0.15, 0.2) is 0 Å². The van der Waals surface area contributed by atoms with Crippen LogP contribution in [0.3, 0.4) is 0 Å². The summed E-state index contributed by atoms with van der Waals surface area (Å²) in [5.41, 5.74) is 13.3. The van der Waals surface area contributed by atoms with E-state index in [4.69, 9.17) is 44.6 Å². The molecule has 0 bridgehead atoms. The highest BCUT2D eigenvalue weighted by molar-refractivity contribution is 5.87. The minimum absolute atomic E-state index is 0.411. The minimum atomic E-state index is 0.411. The molecule has 0 aliphatic carbocycles. The number of aromatic nitrogens is 2. The number of nitrogens with zero attached hydrogens (tertiary/aromatic N) is 2. The molecule has 0 saturated carbocycles. The van der Waals surface area contributed by atoms with E-state index in [1.807, 2.05) is 48.5 Å². The van der Waals surface area contributed by atoms with Gasteiger partial charge >= 0.3 is 0 Å². The second-order valence-corrected chi connectivity index (χ2v) is 8.88. The summed E-state index contributed by atoms with van der Waals surface area (Å²) in [5.74, 6) is 2.26. The van der Waals surface area contributed by atoms with Crippen LogP contribution in [0.1, 0.15) is 0 Å². The van der Waals surface area contributed by atoms with E-state index >= 15 is 0 Å². The van der Waals surface area contributed by atoms with E-state index < -0.39 is 0 Å². The zero-order valence-electron chi connectivity index (χ0n) is 23.2. The Kier molecular flexibility index (Phi) is 12.6. The predicted molar refractivity (Wildman–Crippen MR) is 157 cm³/mol. The van der Waals surface area contributed by atoms with Crippen molar-refractivity contribution in [3.05, 3.63) is 60.7 Å². The Morgan fingerprint density at radius 2 is 0.756 bits per heavy atom. The van der Waals surface area contributed by atoms with Crippen LogP contribution in [-0.4, -0.2) is 89.3 Å². The van der Waals surface area contributed by atoms with E-state index in [9.17, 15) is 0 Å². The van der Waals surface area contributed by atoms with Gasteiger partial charge in [-0.3, -0.25) is 0 Å². The number of nitrogens with two attached hydrogens (primary N) is 2. The van der Waals surface area contributed by atoms with Crippen LogP contribution in [0.4, 0.5) is 11.6 Å². The number of nitrogen functional groups attached to an aromatic ring is 2. The number of para-hydroxylation sites is 2. The van der Waals surface area contributed by atoms with Crippen LogP contribution in [0.5, 0.6) is 11.5 Å². The summed E-state index contributed by atoms with van der Waals surface area (Å²) in [6.45, 7) is 5.59. The number of benzene rings is 2. The molecule has 0 spiro atoms. The molecule has 2 aromatic heterocycles. The minimum Gasteiger partial charge on any atom is -0.490 e. The molecule has 11 heteroatoms. The lowest BCUT2D eigenvalue weighted by Crippen LogP contribution is -2.15. The average Bonchev–Trinajstić information content (AvgIpc) is 2.98. The predicted octanol–water partition coefficient (Wildman–Crippen LogP) is 3.49. The number of fused-ring (bicyclic) bond motifs is 2. The van der Waals surface area contributed by atoms with Crippen LogP contribution < -0.4 is 20.9 Å². The van der Waals surface area contributed by atoms with Gasteiger partial charge in [0.25, 0.3) is 0 Å². The Morgan fingerprint density at radius 1 is 0.439 bits per heavy atom. The van der Waals surface area contributed by atoms with Crippen LogP contribution >= 0.6 is 0 Å². The van der Waals surface area contributed by atoms with Gasteiger partial charge < -0.3 is 44.6 Å². The molecule has 0 aliphatic rings. The van der Waals surface area contributed by atoms with Crippen molar-refractivity contribution in [2.45, 2.75) is 0 Å². The van der Waals surface area contributed by atoms with Crippen molar-refractivity contribution in [1.29, 1.82) is 0 Å². The Morgan fingerprint density at radius 3 is 1.12 bits per heavy atom. The quantitative estimate of drug-likeness (QED) is 0.152. The summed E-state index contributed by atoms with van der Waals surface area (Å²) >= 11 is 0. The molecule has 0 aliphatic heterocycles. The fraction of sp³-hybridized carbons (Fsp3) is 0.400. The lowest BCUT2D eigenvalue weighted by Gasteiger charge is -2.11. The topological polar surface area (TPSA) is 142 Å². The molecular weight excluding hydrogens is 528 g/mol. The molecule has 0 amide bonds. The molecule has 0 fully saturated rings. The van der Waals surface area contributed by atoms with Gasteiger partial charge in [-0.25, -0.2) is 9.97 Å².